The fourth-order valence-corrected chi connectivity index (χ4v) is 6.94. The van der Waals surface area contributed by atoms with E-state index in [0.717, 1.165) is 0 Å². The maximum atomic E-state index is 2.42. The van der Waals surface area contributed by atoms with E-state index in [0.29, 0.717) is 0 Å². The van der Waals surface area contributed by atoms with E-state index in [2.05, 4.69) is 69.2 Å². The summed E-state index contributed by atoms with van der Waals surface area (Å²) in [7, 11) is 0. The molecule has 2 aliphatic carbocycles. The Morgan fingerprint density at radius 3 is 1.05 bits per heavy atom. The van der Waals surface area contributed by atoms with Crippen molar-refractivity contribution < 1.29 is 22.0 Å². The molecule has 1 heteroatoms. The first-order valence-electron chi connectivity index (χ1n) is 8.00. The van der Waals surface area contributed by atoms with Gasteiger partial charge in [-0.3, -0.25) is 0 Å². The molecule has 0 atom stereocenters. The topological polar surface area (TPSA) is 0 Å². The third-order valence-electron chi connectivity index (χ3n) is 6.38. The molecule has 21 heavy (non-hydrogen) atoms. The molecule has 0 radical (unpaired) electrons. The van der Waals surface area contributed by atoms with Crippen molar-refractivity contribution >= 4 is 0 Å². The molecule has 0 amide bonds. The number of rotatable bonds is 2. The van der Waals surface area contributed by atoms with Crippen LogP contribution in [-0.4, -0.2) is 0 Å². The van der Waals surface area contributed by atoms with Gasteiger partial charge in [-0.25, -0.2) is 0 Å². The molecule has 0 aliphatic heterocycles. The number of allylic oxidation sites excluding steroid dienone is 8. The molecule has 0 N–H and O–H groups in total. The quantitative estimate of drug-likeness (QED) is 0.503. The van der Waals surface area contributed by atoms with Crippen LogP contribution in [0.4, 0.5) is 0 Å². The van der Waals surface area contributed by atoms with Crippen LogP contribution in [0, 0.1) is 10.8 Å². The first-order chi connectivity index (χ1) is 9.44. The zero-order chi connectivity index (χ0) is 16.3. The third kappa shape index (κ3) is 2.30. The average molecular weight is 320 g/mol. The second-order valence-corrected chi connectivity index (χ2v) is 9.83. The van der Waals surface area contributed by atoms with Crippen molar-refractivity contribution in [3.63, 3.8) is 0 Å². The molecular weight excluding hydrogens is 288 g/mol. The van der Waals surface area contributed by atoms with Crippen LogP contribution in [0.2, 0.25) is 0 Å². The second kappa shape index (κ2) is 5.10. The summed E-state index contributed by atoms with van der Waals surface area (Å²) in [6.45, 7) is 23.6. The van der Waals surface area contributed by atoms with Crippen LogP contribution < -0.4 is 0 Å². The first-order valence-corrected chi connectivity index (χ1v) is 9.56. The molecule has 0 unspecified atom stereocenters. The van der Waals surface area contributed by atoms with Crippen molar-refractivity contribution in [3.05, 3.63) is 41.2 Å². The van der Waals surface area contributed by atoms with Crippen LogP contribution in [0.25, 0.3) is 0 Å². The Bertz CT molecular complexity index is 585. The minimum atomic E-state index is -0.239. The van der Waals surface area contributed by atoms with Gasteiger partial charge in [0.05, 0.1) is 0 Å². The van der Waals surface area contributed by atoms with Gasteiger partial charge in [0.1, 0.15) is 0 Å². The molecule has 0 saturated heterocycles. The molecule has 0 nitrogen and oxygen atoms in total. The van der Waals surface area contributed by atoms with Gasteiger partial charge in [0, 0.05) is 0 Å². The Kier molecular flexibility index (Phi) is 4.14. The molecule has 0 aromatic carbocycles. The fourth-order valence-electron chi connectivity index (χ4n) is 3.81. The van der Waals surface area contributed by atoms with Gasteiger partial charge in [-0.2, -0.15) is 0 Å². The zero-order valence-electron chi connectivity index (χ0n) is 17.5. The van der Waals surface area contributed by atoms with Crippen LogP contribution >= 0.6 is 0 Å². The van der Waals surface area contributed by atoms with Gasteiger partial charge in [0.2, 0.25) is 0 Å². The standard InChI is InChI=1S/2C10H15.Ti.2H/c2*1-7-6-10(4,5)9(3)8(7)2;;;/h2*1-5H3;;;/q;;;2*-1. The van der Waals surface area contributed by atoms with Gasteiger partial charge < -0.3 is 2.85 Å². The molecule has 0 aromatic heterocycles. The maximum Gasteiger partial charge on any atom is -1.00 e. The molecule has 0 saturated carbocycles. The molecule has 0 aromatic rings. The molecule has 2 aliphatic rings. The SMILES string of the molecule is CC1=C(C)C(C)(C)[C]([Ti][C]2=C(C)C(C)=C(C)C2(C)C)=C1C.[H-].[H-]. The minimum absolute atomic E-state index is 0. The normalized spacial score (nSPS) is 24.7. The third-order valence-corrected chi connectivity index (χ3v) is 10.3. The van der Waals surface area contributed by atoms with Gasteiger partial charge in [0.25, 0.3) is 0 Å². The van der Waals surface area contributed by atoms with Gasteiger partial charge in [-0.1, -0.05) is 0 Å². The molecule has 118 valence electrons. The summed E-state index contributed by atoms with van der Waals surface area (Å²) in [6, 6.07) is 0. The van der Waals surface area contributed by atoms with E-state index in [1.807, 2.05) is 0 Å². The van der Waals surface area contributed by atoms with Crippen molar-refractivity contribution in [1.82, 2.24) is 0 Å². The van der Waals surface area contributed by atoms with Crippen molar-refractivity contribution in [3.8, 4) is 0 Å². The Balaban J connectivity index is 0.00000242. The molecular formula is C20H32Ti-2. The first kappa shape index (κ1) is 17.0. The van der Waals surface area contributed by atoms with E-state index < -0.39 is 0 Å². The number of hydrogen-bond donors (Lipinski definition) is 0. The molecule has 0 spiro atoms. The molecule has 2 rings (SSSR count). The van der Waals surface area contributed by atoms with Crippen molar-refractivity contribution in [2.45, 2.75) is 69.2 Å². The Morgan fingerprint density at radius 2 is 0.857 bits per heavy atom. The predicted octanol–water partition coefficient (Wildman–Crippen LogP) is 6.59. The van der Waals surface area contributed by atoms with Crippen molar-refractivity contribution in [2.24, 2.45) is 10.8 Å². The summed E-state index contributed by atoms with van der Waals surface area (Å²) in [5.74, 6) is 0. The minimum Gasteiger partial charge on any atom is -1.00 e. The smallest absolute Gasteiger partial charge is 1.00 e. The Labute approximate surface area is 143 Å². The monoisotopic (exact) mass is 320 g/mol. The van der Waals surface area contributed by atoms with E-state index in [4.69, 9.17) is 0 Å². The summed E-state index contributed by atoms with van der Waals surface area (Å²) in [6.07, 6.45) is 0. The van der Waals surface area contributed by atoms with Gasteiger partial charge in [0.15, 0.2) is 0 Å². The maximum absolute atomic E-state index is 2.42. The summed E-state index contributed by atoms with van der Waals surface area (Å²) >= 11 is -0.239. The Hall–Kier alpha value is -0.326. The molecule has 0 bridgehead atoms. The van der Waals surface area contributed by atoms with Gasteiger partial charge >= 0.3 is 140 Å². The predicted molar refractivity (Wildman–Crippen MR) is 91.9 cm³/mol. The van der Waals surface area contributed by atoms with Crippen LogP contribution in [0.1, 0.15) is 72.1 Å². The van der Waals surface area contributed by atoms with Crippen LogP contribution in [-0.2, 0) is 19.2 Å². The summed E-state index contributed by atoms with van der Waals surface area (Å²) < 4.78 is 3.50. The van der Waals surface area contributed by atoms with Crippen LogP contribution in [0.5, 0.6) is 0 Å². The van der Waals surface area contributed by atoms with Crippen LogP contribution in [0.3, 0.4) is 0 Å². The Morgan fingerprint density at radius 1 is 0.571 bits per heavy atom. The summed E-state index contributed by atoms with van der Waals surface area (Å²) in [5.41, 5.74) is 9.92. The van der Waals surface area contributed by atoms with Gasteiger partial charge in [-0.05, 0) is 0 Å². The van der Waals surface area contributed by atoms with E-state index in [-0.39, 0.29) is 32.8 Å². The largest absolute Gasteiger partial charge is 1.00 e. The summed E-state index contributed by atoms with van der Waals surface area (Å²) in [5, 5.41) is 0. The fraction of sp³-hybridized carbons (Fsp3) is 0.600. The van der Waals surface area contributed by atoms with E-state index in [1.165, 1.54) is 11.1 Å². The van der Waals surface area contributed by atoms with Crippen molar-refractivity contribution in [1.29, 1.82) is 0 Å². The van der Waals surface area contributed by atoms with E-state index in [1.54, 1.807) is 30.0 Å². The molecule has 0 heterocycles. The van der Waals surface area contributed by atoms with E-state index in [9.17, 15) is 0 Å². The second-order valence-electron chi connectivity index (χ2n) is 7.88. The average Bonchev–Trinajstić information content (AvgIpc) is 2.63. The van der Waals surface area contributed by atoms with Crippen LogP contribution in [0.15, 0.2) is 41.2 Å². The van der Waals surface area contributed by atoms with E-state index >= 15 is 0 Å². The number of hydrogen-bond acceptors (Lipinski definition) is 0. The van der Waals surface area contributed by atoms with Gasteiger partial charge in [-0.15, -0.1) is 0 Å². The summed E-state index contributed by atoms with van der Waals surface area (Å²) in [4.78, 5) is 0. The molecule has 0 fully saturated rings. The zero-order valence-corrected chi connectivity index (χ0v) is 17.1. The van der Waals surface area contributed by atoms with Crippen molar-refractivity contribution in [2.75, 3.05) is 0 Å².